The molecule has 1 atom stereocenters. The average molecular weight is 542 g/mol. The van der Waals surface area contributed by atoms with Crippen LogP contribution in [0.5, 0.6) is 0 Å². The number of fused-ring (bicyclic) bond motifs is 1. The van der Waals surface area contributed by atoms with Gasteiger partial charge in [-0.2, -0.15) is 13.2 Å². The molecule has 5 heterocycles. The number of thiazole rings is 1. The number of aromatic nitrogens is 4. The van der Waals surface area contributed by atoms with E-state index in [1.807, 2.05) is 24.3 Å². The van der Waals surface area contributed by atoms with E-state index in [0.29, 0.717) is 44.8 Å². The van der Waals surface area contributed by atoms with E-state index in [9.17, 15) is 22.8 Å². The first kappa shape index (κ1) is 24.5. The first-order valence-corrected chi connectivity index (χ1v) is 12.9. The molecule has 2 amide bonds. The zero-order valence-electron chi connectivity index (χ0n) is 20.0. The second-order valence-electron chi connectivity index (χ2n) is 9.26. The van der Waals surface area contributed by atoms with Crippen molar-refractivity contribution in [3.8, 4) is 5.95 Å². The largest absolute Gasteiger partial charge is 0.419 e. The van der Waals surface area contributed by atoms with Crippen LogP contribution < -0.4 is 4.90 Å². The van der Waals surface area contributed by atoms with Crippen LogP contribution in [0, 0.1) is 0 Å². The Balaban J connectivity index is 1.13. The number of carbonyl (C=O) groups excluding carboxylic acids is 2. The van der Waals surface area contributed by atoms with Crippen molar-refractivity contribution in [2.24, 2.45) is 0 Å². The fraction of sp³-hybridized carbons (Fsp3) is 0.320. The summed E-state index contributed by atoms with van der Waals surface area (Å²) in [6.45, 7) is 3.11. The molecule has 2 aliphatic heterocycles. The van der Waals surface area contributed by atoms with Crippen LogP contribution in [-0.2, 0) is 11.0 Å². The van der Waals surface area contributed by atoms with Crippen LogP contribution in [0.4, 0.5) is 18.9 Å². The van der Waals surface area contributed by atoms with Crippen molar-refractivity contribution in [1.29, 1.82) is 0 Å². The van der Waals surface area contributed by atoms with Gasteiger partial charge in [0, 0.05) is 80.2 Å². The molecular formula is C25H22F3N7O2S. The lowest BCUT2D eigenvalue weighted by molar-refractivity contribution is -0.138. The topological polar surface area (TPSA) is 87.5 Å². The SMILES string of the molecule is O=C(c1cscn1)N1CCN([C@@H]2CC(=O)N(c3ccc4c(ccn4-c4ncc(C(F)(F)F)cn4)c3)C2)CC1. The quantitative estimate of drug-likeness (QED) is 0.393. The molecule has 9 nitrogen and oxygen atoms in total. The van der Waals surface area contributed by atoms with E-state index in [1.165, 1.54) is 11.3 Å². The van der Waals surface area contributed by atoms with Crippen molar-refractivity contribution in [3.05, 3.63) is 65.0 Å². The van der Waals surface area contributed by atoms with Gasteiger partial charge in [-0.3, -0.25) is 19.1 Å². The van der Waals surface area contributed by atoms with E-state index < -0.39 is 11.7 Å². The van der Waals surface area contributed by atoms with Crippen LogP contribution in [0.1, 0.15) is 22.5 Å². The molecule has 0 unspecified atom stereocenters. The summed E-state index contributed by atoms with van der Waals surface area (Å²) in [6, 6.07) is 7.40. The van der Waals surface area contributed by atoms with Crippen molar-refractivity contribution in [1.82, 2.24) is 29.3 Å². The van der Waals surface area contributed by atoms with Crippen molar-refractivity contribution in [3.63, 3.8) is 0 Å². The second kappa shape index (κ2) is 9.48. The van der Waals surface area contributed by atoms with Crippen LogP contribution in [-0.4, -0.2) is 79.9 Å². The molecule has 0 bridgehead atoms. The van der Waals surface area contributed by atoms with Crippen LogP contribution in [0.25, 0.3) is 16.9 Å². The Morgan fingerprint density at radius 1 is 1.03 bits per heavy atom. The summed E-state index contributed by atoms with van der Waals surface area (Å²) in [5.74, 6) is 0.100. The van der Waals surface area contributed by atoms with E-state index in [-0.39, 0.29) is 23.8 Å². The number of piperazine rings is 1. The number of halogens is 3. The molecule has 0 N–H and O–H groups in total. The molecule has 196 valence electrons. The van der Waals surface area contributed by atoms with Gasteiger partial charge in [-0.25, -0.2) is 15.0 Å². The number of benzene rings is 1. The molecule has 0 radical (unpaired) electrons. The lowest BCUT2D eigenvalue weighted by Gasteiger charge is -2.37. The molecule has 38 heavy (non-hydrogen) atoms. The molecule has 0 aliphatic carbocycles. The van der Waals surface area contributed by atoms with E-state index in [2.05, 4.69) is 19.9 Å². The van der Waals surface area contributed by atoms with Crippen molar-refractivity contribution in [2.45, 2.75) is 18.6 Å². The van der Waals surface area contributed by atoms with Crippen LogP contribution >= 0.6 is 11.3 Å². The zero-order chi connectivity index (χ0) is 26.4. The van der Waals surface area contributed by atoms with E-state index >= 15 is 0 Å². The van der Waals surface area contributed by atoms with Crippen molar-refractivity contribution >= 4 is 39.7 Å². The molecule has 0 saturated carbocycles. The van der Waals surface area contributed by atoms with Crippen LogP contribution in [0.3, 0.4) is 0 Å². The molecular weight excluding hydrogens is 519 g/mol. The minimum atomic E-state index is -4.50. The normalized spacial score (nSPS) is 19.0. The third-order valence-corrected chi connectivity index (χ3v) is 7.63. The zero-order valence-corrected chi connectivity index (χ0v) is 20.8. The number of anilines is 1. The summed E-state index contributed by atoms with van der Waals surface area (Å²) >= 11 is 1.40. The third-order valence-electron chi connectivity index (χ3n) is 7.04. The summed E-state index contributed by atoms with van der Waals surface area (Å²) in [7, 11) is 0. The molecule has 2 aliphatic rings. The molecule has 2 saturated heterocycles. The lowest BCUT2D eigenvalue weighted by atomic mass is 10.2. The Labute approximate surface area is 219 Å². The van der Waals surface area contributed by atoms with Crippen LogP contribution in [0.15, 0.2) is 53.7 Å². The van der Waals surface area contributed by atoms with Gasteiger partial charge in [-0.1, -0.05) is 0 Å². The highest BCUT2D eigenvalue weighted by Crippen LogP contribution is 2.31. The first-order chi connectivity index (χ1) is 18.3. The monoisotopic (exact) mass is 541 g/mol. The van der Waals surface area contributed by atoms with Gasteiger partial charge < -0.3 is 9.80 Å². The van der Waals surface area contributed by atoms with Gasteiger partial charge in [0.25, 0.3) is 5.91 Å². The number of hydrogen-bond donors (Lipinski definition) is 0. The molecule has 1 aromatic carbocycles. The number of rotatable bonds is 4. The first-order valence-electron chi connectivity index (χ1n) is 12.0. The average Bonchev–Trinajstić information content (AvgIpc) is 3.68. The highest BCUT2D eigenvalue weighted by atomic mass is 32.1. The second-order valence-corrected chi connectivity index (χ2v) is 9.98. The maximum Gasteiger partial charge on any atom is 0.419 e. The lowest BCUT2D eigenvalue weighted by Crippen LogP contribution is -2.52. The Morgan fingerprint density at radius 2 is 1.79 bits per heavy atom. The number of carbonyl (C=O) groups is 2. The van der Waals surface area contributed by atoms with Gasteiger partial charge in [-0.05, 0) is 24.3 Å². The smallest absolute Gasteiger partial charge is 0.335 e. The molecule has 3 aromatic heterocycles. The molecule has 0 spiro atoms. The number of hydrogen-bond acceptors (Lipinski definition) is 7. The van der Waals surface area contributed by atoms with E-state index in [0.717, 1.165) is 29.0 Å². The van der Waals surface area contributed by atoms with Gasteiger partial charge in [0.05, 0.1) is 16.6 Å². The predicted molar refractivity (Wildman–Crippen MR) is 134 cm³/mol. The van der Waals surface area contributed by atoms with E-state index in [1.54, 1.807) is 31.5 Å². The third kappa shape index (κ3) is 4.52. The van der Waals surface area contributed by atoms with E-state index in [4.69, 9.17) is 0 Å². The number of alkyl halides is 3. The fourth-order valence-corrected chi connectivity index (χ4v) is 5.54. The van der Waals surface area contributed by atoms with Crippen molar-refractivity contribution in [2.75, 3.05) is 37.6 Å². The fourth-order valence-electron chi connectivity index (χ4n) is 5.02. The van der Waals surface area contributed by atoms with Gasteiger partial charge in [0.15, 0.2) is 0 Å². The van der Waals surface area contributed by atoms with Crippen LogP contribution in [0.2, 0.25) is 0 Å². The molecule has 4 aromatic rings. The summed E-state index contributed by atoms with van der Waals surface area (Å²) in [5.41, 5.74) is 2.69. The maximum atomic E-state index is 12.9. The van der Waals surface area contributed by atoms with Gasteiger partial charge in [0.2, 0.25) is 11.9 Å². The Hall–Kier alpha value is -3.84. The Kier molecular flexibility index (Phi) is 6.11. The maximum absolute atomic E-state index is 12.9. The highest BCUT2D eigenvalue weighted by molar-refractivity contribution is 7.07. The number of amides is 2. The summed E-state index contributed by atoms with van der Waals surface area (Å²) in [5, 5.41) is 2.57. The standard InChI is InChI=1S/C25H22F3N7O2S/c26-25(27,28)17-11-29-24(30-12-17)34-4-3-16-9-18(1-2-21(16)34)35-13-19(10-22(35)36)32-5-7-33(8-6-32)23(37)20-14-38-15-31-20/h1-4,9,11-12,14-15,19H,5-8,10,13H2/t19-/m1/s1. The minimum absolute atomic E-state index is 0.0286. The summed E-state index contributed by atoms with van der Waals surface area (Å²) in [4.78, 5) is 43.2. The molecule has 2 fully saturated rings. The van der Waals surface area contributed by atoms with Crippen molar-refractivity contribution < 1.29 is 22.8 Å². The van der Waals surface area contributed by atoms with Gasteiger partial charge in [0.1, 0.15) is 5.69 Å². The summed E-state index contributed by atoms with van der Waals surface area (Å²) < 4.78 is 40.2. The summed E-state index contributed by atoms with van der Waals surface area (Å²) in [6.07, 6.45) is -0.879. The minimum Gasteiger partial charge on any atom is -0.335 e. The Morgan fingerprint density at radius 3 is 2.47 bits per heavy atom. The van der Waals surface area contributed by atoms with Gasteiger partial charge >= 0.3 is 6.18 Å². The van der Waals surface area contributed by atoms with Gasteiger partial charge in [-0.15, -0.1) is 11.3 Å². The number of nitrogens with zero attached hydrogens (tertiary/aromatic N) is 7. The highest BCUT2D eigenvalue weighted by Gasteiger charge is 2.36. The Bertz CT molecular complexity index is 1480. The molecule has 13 heteroatoms. The predicted octanol–water partition coefficient (Wildman–Crippen LogP) is 3.46. The molecule has 6 rings (SSSR count).